The Morgan fingerprint density at radius 3 is 2.62 bits per heavy atom. The smallest absolute Gasteiger partial charge is 0.126 e. The number of para-hydroxylation sites is 1. The lowest BCUT2D eigenvalue weighted by atomic mass is 10.1. The minimum Gasteiger partial charge on any atom is -0.220 e. The van der Waals surface area contributed by atoms with E-state index in [1.54, 1.807) is 11.6 Å². The van der Waals surface area contributed by atoms with Gasteiger partial charge in [-0.05, 0) is 49.1 Å². The molecule has 0 unspecified atom stereocenters. The fraction of sp³-hybridized carbons (Fsp3) is 0.176. The lowest BCUT2D eigenvalue weighted by molar-refractivity contribution is 0.617. The topological polar surface area (TPSA) is 30.7 Å². The van der Waals surface area contributed by atoms with E-state index in [4.69, 9.17) is 0 Å². The minimum absolute atomic E-state index is 0.159. The number of benzene rings is 2. The van der Waals surface area contributed by atoms with Gasteiger partial charge in [0, 0.05) is 0 Å². The van der Waals surface area contributed by atoms with Crippen LogP contribution in [0.25, 0.3) is 5.69 Å². The summed E-state index contributed by atoms with van der Waals surface area (Å²) in [5, 5.41) is 8.32. The van der Waals surface area contributed by atoms with Crippen molar-refractivity contribution in [3.63, 3.8) is 0 Å². The molecule has 1 heterocycles. The Balaban J connectivity index is 1.69. The van der Waals surface area contributed by atoms with Gasteiger partial charge in [-0.25, -0.2) is 9.07 Å². The highest BCUT2D eigenvalue weighted by atomic mass is 19.1. The Bertz CT molecular complexity index is 735. The molecule has 0 bridgehead atoms. The number of halogens is 1. The van der Waals surface area contributed by atoms with Crippen molar-refractivity contribution in [2.45, 2.75) is 19.8 Å². The number of aromatic nitrogens is 3. The second kappa shape index (κ2) is 5.87. The van der Waals surface area contributed by atoms with Crippen molar-refractivity contribution in [1.29, 1.82) is 0 Å². The van der Waals surface area contributed by atoms with Crippen LogP contribution in [-0.4, -0.2) is 15.0 Å². The molecule has 1 aromatic heterocycles. The highest BCUT2D eigenvalue weighted by molar-refractivity contribution is 5.30. The standard InChI is InChI=1S/C17H16FN3/c1-13-11-14(8-10-17(13)18)7-9-15-12-21(20-19-15)16-5-3-2-4-6-16/h2-6,8,10-12H,7,9H2,1H3. The quantitative estimate of drug-likeness (QED) is 0.733. The Hall–Kier alpha value is -2.49. The number of hydrogen-bond acceptors (Lipinski definition) is 2. The van der Waals surface area contributed by atoms with Crippen LogP contribution in [0.4, 0.5) is 4.39 Å². The number of hydrogen-bond donors (Lipinski definition) is 0. The summed E-state index contributed by atoms with van der Waals surface area (Å²) in [6.07, 6.45) is 3.55. The average molecular weight is 281 g/mol. The van der Waals surface area contributed by atoms with Gasteiger partial charge in [0.2, 0.25) is 0 Å². The average Bonchev–Trinajstić information content (AvgIpc) is 2.98. The van der Waals surface area contributed by atoms with Crippen LogP contribution in [0, 0.1) is 12.7 Å². The Labute approximate surface area is 123 Å². The zero-order valence-electron chi connectivity index (χ0n) is 11.8. The first kappa shape index (κ1) is 13.5. The summed E-state index contributed by atoms with van der Waals surface area (Å²) in [6, 6.07) is 15.1. The highest BCUT2D eigenvalue weighted by Crippen LogP contribution is 2.12. The van der Waals surface area contributed by atoms with E-state index in [1.807, 2.05) is 48.7 Å². The van der Waals surface area contributed by atoms with Gasteiger partial charge in [0.25, 0.3) is 0 Å². The van der Waals surface area contributed by atoms with Crippen molar-refractivity contribution in [2.75, 3.05) is 0 Å². The molecular weight excluding hydrogens is 265 g/mol. The number of rotatable bonds is 4. The molecule has 106 valence electrons. The van der Waals surface area contributed by atoms with Gasteiger partial charge in [0.15, 0.2) is 0 Å². The third-order valence-corrected chi connectivity index (χ3v) is 3.45. The maximum absolute atomic E-state index is 13.2. The number of aryl methyl sites for hydroxylation is 3. The summed E-state index contributed by atoms with van der Waals surface area (Å²) in [5.41, 5.74) is 3.72. The summed E-state index contributed by atoms with van der Waals surface area (Å²) in [6.45, 7) is 1.78. The third-order valence-electron chi connectivity index (χ3n) is 3.45. The summed E-state index contributed by atoms with van der Waals surface area (Å²) in [5.74, 6) is -0.159. The van der Waals surface area contributed by atoms with Gasteiger partial charge < -0.3 is 0 Å². The number of nitrogens with zero attached hydrogens (tertiary/aromatic N) is 3. The molecule has 0 saturated heterocycles. The second-order valence-electron chi connectivity index (χ2n) is 5.07. The van der Waals surface area contributed by atoms with Gasteiger partial charge in [-0.1, -0.05) is 35.5 Å². The molecule has 21 heavy (non-hydrogen) atoms. The molecule has 0 spiro atoms. The molecule has 0 fully saturated rings. The molecular formula is C17H16FN3. The first-order valence-electron chi connectivity index (χ1n) is 6.94. The zero-order valence-corrected chi connectivity index (χ0v) is 11.8. The van der Waals surface area contributed by atoms with Crippen LogP contribution in [0.1, 0.15) is 16.8 Å². The van der Waals surface area contributed by atoms with Crippen molar-refractivity contribution in [2.24, 2.45) is 0 Å². The third kappa shape index (κ3) is 3.16. The molecule has 0 aliphatic heterocycles. The molecule has 0 aliphatic rings. The van der Waals surface area contributed by atoms with Crippen molar-refractivity contribution in [3.05, 3.63) is 77.4 Å². The first-order valence-corrected chi connectivity index (χ1v) is 6.94. The maximum atomic E-state index is 13.2. The summed E-state index contributed by atoms with van der Waals surface area (Å²) in [7, 11) is 0. The second-order valence-corrected chi connectivity index (χ2v) is 5.07. The van der Waals surface area contributed by atoms with E-state index in [0.29, 0.717) is 5.56 Å². The lowest BCUT2D eigenvalue weighted by Gasteiger charge is -2.02. The van der Waals surface area contributed by atoms with E-state index in [0.717, 1.165) is 29.8 Å². The molecule has 2 aromatic carbocycles. The van der Waals surface area contributed by atoms with Gasteiger partial charge in [-0.3, -0.25) is 0 Å². The molecule has 0 amide bonds. The van der Waals surface area contributed by atoms with Crippen LogP contribution in [0.2, 0.25) is 0 Å². The van der Waals surface area contributed by atoms with E-state index >= 15 is 0 Å². The van der Waals surface area contributed by atoms with Crippen LogP contribution >= 0.6 is 0 Å². The fourth-order valence-corrected chi connectivity index (χ4v) is 2.25. The Kier molecular flexibility index (Phi) is 3.77. The van der Waals surface area contributed by atoms with E-state index in [2.05, 4.69) is 10.3 Å². The van der Waals surface area contributed by atoms with Crippen molar-refractivity contribution in [1.82, 2.24) is 15.0 Å². The normalized spacial score (nSPS) is 10.8. The van der Waals surface area contributed by atoms with Crippen LogP contribution < -0.4 is 0 Å². The van der Waals surface area contributed by atoms with E-state index < -0.39 is 0 Å². The van der Waals surface area contributed by atoms with Gasteiger partial charge in [0.05, 0.1) is 17.6 Å². The van der Waals surface area contributed by atoms with Gasteiger partial charge >= 0.3 is 0 Å². The Morgan fingerprint density at radius 2 is 1.86 bits per heavy atom. The summed E-state index contributed by atoms with van der Waals surface area (Å²) in [4.78, 5) is 0. The summed E-state index contributed by atoms with van der Waals surface area (Å²) < 4.78 is 15.0. The van der Waals surface area contributed by atoms with Crippen LogP contribution in [0.3, 0.4) is 0 Å². The van der Waals surface area contributed by atoms with Crippen molar-refractivity contribution < 1.29 is 4.39 Å². The molecule has 3 rings (SSSR count). The van der Waals surface area contributed by atoms with Gasteiger partial charge in [0.1, 0.15) is 5.82 Å². The van der Waals surface area contributed by atoms with Gasteiger partial charge in [-0.15, -0.1) is 5.10 Å². The molecule has 4 heteroatoms. The molecule has 0 aliphatic carbocycles. The largest absolute Gasteiger partial charge is 0.220 e. The maximum Gasteiger partial charge on any atom is 0.126 e. The molecule has 3 nitrogen and oxygen atoms in total. The molecule has 0 saturated carbocycles. The van der Waals surface area contributed by atoms with Crippen LogP contribution in [0.15, 0.2) is 54.7 Å². The molecule has 0 atom stereocenters. The molecule has 0 N–H and O–H groups in total. The Morgan fingerprint density at radius 1 is 1.05 bits per heavy atom. The van der Waals surface area contributed by atoms with Gasteiger partial charge in [-0.2, -0.15) is 0 Å². The SMILES string of the molecule is Cc1cc(CCc2cn(-c3ccccc3)nn2)ccc1F. The van der Waals surface area contributed by atoms with Crippen molar-refractivity contribution in [3.8, 4) is 5.69 Å². The minimum atomic E-state index is -0.159. The predicted molar refractivity (Wildman–Crippen MR) is 79.9 cm³/mol. The van der Waals surface area contributed by atoms with E-state index in [9.17, 15) is 4.39 Å². The van der Waals surface area contributed by atoms with E-state index in [1.165, 1.54) is 6.07 Å². The lowest BCUT2D eigenvalue weighted by Crippen LogP contribution is -1.94. The van der Waals surface area contributed by atoms with E-state index in [-0.39, 0.29) is 5.82 Å². The first-order chi connectivity index (χ1) is 10.2. The molecule has 0 radical (unpaired) electrons. The highest BCUT2D eigenvalue weighted by Gasteiger charge is 2.04. The monoisotopic (exact) mass is 281 g/mol. The van der Waals surface area contributed by atoms with Crippen molar-refractivity contribution >= 4 is 0 Å². The molecule has 3 aromatic rings. The summed E-state index contributed by atoms with van der Waals surface area (Å²) >= 11 is 0. The predicted octanol–water partition coefficient (Wildman–Crippen LogP) is 3.50. The fourth-order valence-electron chi connectivity index (χ4n) is 2.25. The zero-order chi connectivity index (χ0) is 14.7. The van der Waals surface area contributed by atoms with Crippen LogP contribution in [0.5, 0.6) is 0 Å². The van der Waals surface area contributed by atoms with Crippen LogP contribution in [-0.2, 0) is 12.8 Å².